The van der Waals surface area contributed by atoms with Gasteiger partial charge in [0, 0.05) is 10.9 Å². The number of anilines is 1. The van der Waals surface area contributed by atoms with Gasteiger partial charge in [0.2, 0.25) is 0 Å². The first-order chi connectivity index (χ1) is 10.8. The number of hydrogen-bond donors (Lipinski definition) is 0. The lowest BCUT2D eigenvalue weighted by Crippen LogP contribution is -2.38. The van der Waals surface area contributed by atoms with E-state index >= 15 is 0 Å². The lowest BCUT2D eigenvalue weighted by molar-refractivity contribution is -0.115. The molecular formula is C15H17ClN2O3S2. The van der Waals surface area contributed by atoms with Crippen LogP contribution in [0, 0.1) is 13.8 Å². The van der Waals surface area contributed by atoms with Gasteiger partial charge in [-0.05, 0) is 25.0 Å². The SMILES string of the molecule is Cc1cccc(C)c1N1C(=NC(=O)CCl)S[C@@H]2CS(=O)(=O)C[C@@H]21. The van der Waals surface area contributed by atoms with Gasteiger partial charge in [-0.3, -0.25) is 4.79 Å². The van der Waals surface area contributed by atoms with Crippen molar-refractivity contribution in [2.45, 2.75) is 25.1 Å². The average Bonchev–Trinajstić information content (AvgIpc) is 2.91. The minimum atomic E-state index is -3.06. The summed E-state index contributed by atoms with van der Waals surface area (Å²) in [5.74, 6) is -0.379. The zero-order valence-electron chi connectivity index (χ0n) is 12.8. The third-order valence-corrected chi connectivity index (χ3v) is 7.52. The van der Waals surface area contributed by atoms with E-state index in [9.17, 15) is 13.2 Å². The summed E-state index contributed by atoms with van der Waals surface area (Å²) in [6, 6.07) is 5.72. The Morgan fingerprint density at radius 2 is 2.00 bits per heavy atom. The third-order valence-electron chi connectivity index (χ3n) is 4.08. The van der Waals surface area contributed by atoms with Crippen LogP contribution in [-0.4, -0.2) is 48.2 Å². The highest BCUT2D eigenvalue weighted by Crippen LogP contribution is 2.42. The topological polar surface area (TPSA) is 66.8 Å². The highest BCUT2D eigenvalue weighted by Gasteiger charge is 2.49. The van der Waals surface area contributed by atoms with Crippen molar-refractivity contribution in [3.63, 3.8) is 0 Å². The number of nitrogens with zero attached hydrogens (tertiary/aromatic N) is 2. The van der Waals surface area contributed by atoms with Crippen molar-refractivity contribution in [3.8, 4) is 0 Å². The summed E-state index contributed by atoms with van der Waals surface area (Å²) >= 11 is 6.94. The van der Waals surface area contributed by atoms with Crippen LogP contribution in [0.1, 0.15) is 11.1 Å². The molecule has 2 heterocycles. The number of benzene rings is 1. The van der Waals surface area contributed by atoms with E-state index in [1.807, 2.05) is 36.9 Å². The second-order valence-corrected chi connectivity index (χ2v) is 9.46. The molecule has 1 aromatic carbocycles. The number of sulfone groups is 1. The highest BCUT2D eigenvalue weighted by atomic mass is 35.5. The number of hydrogen-bond acceptors (Lipinski definition) is 4. The highest BCUT2D eigenvalue weighted by molar-refractivity contribution is 8.16. The Morgan fingerprint density at radius 3 is 2.61 bits per heavy atom. The third kappa shape index (κ3) is 3.14. The molecule has 0 aromatic heterocycles. The van der Waals surface area contributed by atoms with Gasteiger partial charge in [0.15, 0.2) is 15.0 Å². The molecule has 8 heteroatoms. The zero-order valence-corrected chi connectivity index (χ0v) is 15.2. The predicted octanol–water partition coefficient (Wildman–Crippen LogP) is 2.14. The van der Waals surface area contributed by atoms with Crippen LogP contribution in [0.3, 0.4) is 0 Å². The Kier molecular flexibility index (Phi) is 4.46. The van der Waals surface area contributed by atoms with E-state index in [4.69, 9.17) is 11.6 Å². The molecule has 2 aliphatic heterocycles. The predicted molar refractivity (Wildman–Crippen MR) is 95.4 cm³/mol. The number of para-hydroxylation sites is 1. The van der Waals surface area contributed by atoms with E-state index in [1.165, 1.54) is 11.8 Å². The second kappa shape index (κ2) is 6.11. The van der Waals surface area contributed by atoms with Gasteiger partial charge in [0.1, 0.15) is 5.88 Å². The van der Waals surface area contributed by atoms with Crippen LogP contribution >= 0.6 is 23.4 Å². The molecule has 0 unspecified atom stereocenters. The summed E-state index contributed by atoms with van der Waals surface area (Å²) in [4.78, 5) is 17.7. The van der Waals surface area contributed by atoms with Crippen molar-refractivity contribution < 1.29 is 13.2 Å². The number of amides is 1. The smallest absolute Gasteiger partial charge is 0.262 e. The minimum Gasteiger partial charge on any atom is -0.315 e. The van der Waals surface area contributed by atoms with Crippen LogP contribution in [-0.2, 0) is 14.6 Å². The van der Waals surface area contributed by atoms with Crippen LogP contribution in [0.2, 0.25) is 0 Å². The fourth-order valence-electron chi connectivity index (χ4n) is 3.15. The number of rotatable bonds is 2. The van der Waals surface area contributed by atoms with E-state index in [0.717, 1.165) is 16.8 Å². The maximum atomic E-state index is 12.0. The van der Waals surface area contributed by atoms with Crippen molar-refractivity contribution >= 4 is 50.0 Å². The van der Waals surface area contributed by atoms with Gasteiger partial charge >= 0.3 is 0 Å². The Labute approximate surface area is 145 Å². The van der Waals surface area contributed by atoms with Crippen molar-refractivity contribution in [2.75, 3.05) is 22.3 Å². The fourth-order valence-corrected chi connectivity index (χ4v) is 7.13. The maximum Gasteiger partial charge on any atom is 0.262 e. The molecule has 2 atom stereocenters. The number of aryl methyl sites for hydroxylation is 2. The van der Waals surface area contributed by atoms with Crippen LogP contribution in [0.5, 0.6) is 0 Å². The molecule has 1 amide bonds. The molecule has 2 saturated heterocycles. The molecule has 0 aliphatic carbocycles. The number of fused-ring (bicyclic) bond motifs is 1. The first-order valence-electron chi connectivity index (χ1n) is 7.22. The molecular weight excluding hydrogens is 356 g/mol. The van der Waals surface area contributed by atoms with E-state index in [-0.39, 0.29) is 28.7 Å². The first kappa shape index (κ1) is 16.8. The van der Waals surface area contributed by atoms with Gasteiger partial charge in [-0.2, -0.15) is 4.99 Å². The van der Waals surface area contributed by atoms with E-state index in [1.54, 1.807) is 0 Å². The number of alkyl halides is 1. The van der Waals surface area contributed by atoms with Gasteiger partial charge < -0.3 is 4.90 Å². The Bertz CT molecular complexity index is 772. The minimum absolute atomic E-state index is 0.0898. The Balaban J connectivity index is 2.11. The van der Waals surface area contributed by atoms with Crippen molar-refractivity contribution in [1.29, 1.82) is 0 Å². The van der Waals surface area contributed by atoms with Gasteiger partial charge in [0.05, 0.1) is 17.5 Å². The molecule has 3 rings (SSSR count). The van der Waals surface area contributed by atoms with Crippen LogP contribution < -0.4 is 4.90 Å². The van der Waals surface area contributed by atoms with Gasteiger partial charge in [-0.25, -0.2) is 8.42 Å². The number of thioether (sulfide) groups is 1. The van der Waals surface area contributed by atoms with Gasteiger partial charge in [-0.15, -0.1) is 11.6 Å². The summed E-state index contributed by atoms with van der Waals surface area (Å²) in [5, 5.41) is 0.457. The number of halogens is 1. The molecule has 0 N–H and O–H groups in total. The summed E-state index contributed by atoms with van der Waals surface area (Å²) in [7, 11) is -3.06. The number of amidine groups is 1. The standard InChI is InChI=1S/C15H17ClN2O3S2/c1-9-4-3-5-10(2)14(9)18-11-7-23(20,21)8-12(11)22-15(18)17-13(19)6-16/h3-5,11-12H,6-8H2,1-2H3/t11-,12+/m0/s1. The van der Waals surface area contributed by atoms with E-state index in [0.29, 0.717) is 5.17 Å². The van der Waals surface area contributed by atoms with E-state index in [2.05, 4.69) is 4.99 Å². The summed E-state index contributed by atoms with van der Waals surface area (Å²) in [6.07, 6.45) is 0. The molecule has 0 radical (unpaired) electrons. The fraction of sp³-hybridized carbons (Fsp3) is 0.467. The van der Waals surface area contributed by atoms with Crippen LogP contribution in [0.4, 0.5) is 5.69 Å². The molecule has 2 fully saturated rings. The summed E-state index contributed by atoms with van der Waals surface area (Å²) in [5.41, 5.74) is 2.99. The first-order valence-corrected chi connectivity index (χ1v) is 10.5. The summed E-state index contributed by atoms with van der Waals surface area (Å²) in [6.45, 7) is 3.95. The quantitative estimate of drug-likeness (QED) is 0.744. The number of carbonyl (C=O) groups is 1. The molecule has 2 aliphatic rings. The molecule has 0 bridgehead atoms. The molecule has 0 saturated carbocycles. The number of aliphatic imine (C=N–C) groups is 1. The monoisotopic (exact) mass is 372 g/mol. The zero-order chi connectivity index (χ0) is 16.8. The van der Waals surface area contributed by atoms with Crippen molar-refractivity contribution in [3.05, 3.63) is 29.3 Å². The van der Waals surface area contributed by atoms with E-state index < -0.39 is 15.7 Å². The normalized spacial score (nSPS) is 27.4. The lowest BCUT2D eigenvalue weighted by Gasteiger charge is -2.27. The molecule has 5 nitrogen and oxygen atoms in total. The molecule has 0 spiro atoms. The lowest BCUT2D eigenvalue weighted by atomic mass is 10.1. The van der Waals surface area contributed by atoms with Gasteiger partial charge in [0.25, 0.3) is 5.91 Å². The Hall–Kier alpha value is -1.05. The van der Waals surface area contributed by atoms with Crippen LogP contribution in [0.25, 0.3) is 0 Å². The van der Waals surface area contributed by atoms with Gasteiger partial charge in [-0.1, -0.05) is 30.0 Å². The molecule has 124 valence electrons. The maximum absolute atomic E-state index is 12.0. The largest absolute Gasteiger partial charge is 0.315 e. The number of carbonyl (C=O) groups excluding carboxylic acids is 1. The molecule has 1 aromatic rings. The van der Waals surface area contributed by atoms with Crippen molar-refractivity contribution in [1.82, 2.24) is 0 Å². The van der Waals surface area contributed by atoms with Crippen LogP contribution in [0.15, 0.2) is 23.2 Å². The van der Waals surface area contributed by atoms with Crippen molar-refractivity contribution in [2.24, 2.45) is 4.99 Å². The summed E-state index contributed by atoms with van der Waals surface area (Å²) < 4.78 is 24.0. The average molecular weight is 373 g/mol. The Morgan fingerprint density at radius 1 is 1.35 bits per heavy atom. The second-order valence-electron chi connectivity index (χ2n) is 5.83. The molecule has 23 heavy (non-hydrogen) atoms.